The van der Waals surface area contributed by atoms with Gasteiger partial charge in [-0.15, -0.1) is 0 Å². The summed E-state index contributed by atoms with van der Waals surface area (Å²) in [6.45, 7) is 0. The summed E-state index contributed by atoms with van der Waals surface area (Å²) >= 11 is 3.32. The molecule has 1 atom stereocenters. The Kier molecular flexibility index (Phi) is 3.79. The second-order valence-electron chi connectivity index (χ2n) is 4.06. The van der Waals surface area contributed by atoms with Crippen molar-refractivity contribution in [2.45, 2.75) is 24.9 Å². The molecule has 0 bridgehead atoms. The fraction of sp³-hybridized carbons (Fsp3) is 0.417. The van der Waals surface area contributed by atoms with Crippen LogP contribution in [0.15, 0.2) is 22.7 Å². The molecule has 1 aromatic carbocycles. The Labute approximate surface area is 107 Å². The summed E-state index contributed by atoms with van der Waals surface area (Å²) in [7, 11) is 1.33. The summed E-state index contributed by atoms with van der Waals surface area (Å²) in [6, 6.07) is 4.00. The predicted molar refractivity (Wildman–Crippen MR) is 65.0 cm³/mol. The van der Waals surface area contributed by atoms with Crippen molar-refractivity contribution in [1.82, 2.24) is 5.32 Å². The fourth-order valence-electron chi connectivity index (χ4n) is 1.62. The number of esters is 1. The molecule has 0 radical (unpaired) electrons. The third kappa shape index (κ3) is 3.04. The van der Waals surface area contributed by atoms with Crippen molar-refractivity contribution in [3.8, 4) is 0 Å². The van der Waals surface area contributed by atoms with Crippen molar-refractivity contribution in [2.24, 2.45) is 0 Å². The smallest absolute Gasteiger partial charge is 0.327 e. The van der Waals surface area contributed by atoms with Gasteiger partial charge in [-0.3, -0.25) is 5.32 Å². The molecule has 0 amide bonds. The van der Waals surface area contributed by atoms with E-state index >= 15 is 0 Å². The lowest BCUT2D eigenvalue weighted by atomic mass is 10.1. The lowest BCUT2D eigenvalue weighted by Crippen LogP contribution is -2.31. The minimum Gasteiger partial charge on any atom is -0.468 e. The molecule has 1 fully saturated rings. The molecular formula is C12H13BrFNO2. The van der Waals surface area contributed by atoms with Crippen LogP contribution in [-0.2, 0) is 9.53 Å². The van der Waals surface area contributed by atoms with E-state index in [1.54, 1.807) is 6.07 Å². The molecule has 1 unspecified atom stereocenters. The zero-order valence-corrected chi connectivity index (χ0v) is 11.0. The molecule has 1 N–H and O–H groups in total. The molecule has 0 heterocycles. The zero-order valence-electron chi connectivity index (χ0n) is 9.37. The molecule has 0 saturated heterocycles. The monoisotopic (exact) mass is 301 g/mol. The molecule has 0 aromatic heterocycles. The van der Waals surface area contributed by atoms with Crippen LogP contribution in [0.3, 0.4) is 0 Å². The number of hydrogen-bond donors (Lipinski definition) is 1. The molecule has 2 rings (SSSR count). The Balaban J connectivity index is 2.29. The Bertz CT molecular complexity index is 435. The number of carbonyl (C=O) groups excluding carboxylic acids is 1. The summed E-state index contributed by atoms with van der Waals surface area (Å²) in [4.78, 5) is 11.7. The summed E-state index contributed by atoms with van der Waals surface area (Å²) in [5, 5.41) is 3.15. The third-order valence-electron chi connectivity index (χ3n) is 2.69. The summed E-state index contributed by atoms with van der Waals surface area (Å²) in [5.41, 5.74) is 0.573. The van der Waals surface area contributed by atoms with E-state index in [1.807, 2.05) is 0 Å². The van der Waals surface area contributed by atoms with Gasteiger partial charge in [0.1, 0.15) is 11.9 Å². The number of rotatable bonds is 4. The second kappa shape index (κ2) is 5.14. The number of methoxy groups -OCH3 is 1. The number of carbonyl (C=O) groups is 1. The quantitative estimate of drug-likeness (QED) is 0.869. The first kappa shape index (κ1) is 12.5. The lowest BCUT2D eigenvalue weighted by Gasteiger charge is -2.17. The van der Waals surface area contributed by atoms with Gasteiger partial charge >= 0.3 is 5.97 Å². The Hall–Kier alpha value is -0.940. The number of hydrogen-bond acceptors (Lipinski definition) is 3. The minimum absolute atomic E-state index is 0.328. The van der Waals surface area contributed by atoms with Crippen LogP contribution in [0.1, 0.15) is 24.4 Å². The molecule has 17 heavy (non-hydrogen) atoms. The van der Waals surface area contributed by atoms with Crippen LogP contribution in [0.5, 0.6) is 0 Å². The van der Waals surface area contributed by atoms with E-state index in [0.717, 1.165) is 12.8 Å². The van der Waals surface area contributed by atoms with E-state index < -0.39 is 12.0 Å². The van der Waals surface area contributed by atoms with Gasteiger partial charge in [-0.2, -0.15) is 0 Å². The van der Waals surface area contributed by atoms with Crippen molar-refractivity contribution >= 4 is 21.9 Å². The van der Waals surface area contributed by atoms with Crippen molar-refractivity contribution in [1.29, 1.82) is 0 Å². The second-order valence-corrected chi connectivity index (χ2v) is 4.92. The van der Waals surface area contributed by atoms with E-state index in [0.29, 0.717) is 16.1 Å². The molecule has 1 aromatic rings. The molecule has 3 nitrogen and oxygen atoms in total. The first-order valence-electron chi connectivity index (χ1n) is 5.40. The van der Waals surface area contributed by atoms with Gasteiger partial charge in [-0.05, 0) is 36.6 Å². The maximum Gasteiger partial charge on any atom is 0.327 e. The maximum absolute atomic E-state index is 13.2. The molecule has 92 valence electrons. The SMILES string of the molecule is COC(=O)C(NC1CC1)c1cc(F)ccc1Br. The summed E-state index contributed by atoms with van der Waals surface area (Å²) < 4.78 is 18.7. The Morgan fingerprint density at radius 2 is 2.29 bits per heavy atom. The van der Waals surface area contributed by atoms with E-state index in [9.17, 15) is 9.18 Å². The van der Waals surface area contributed by atoms with Gasteiger partial charge in [0.15, 0.2) is 0 Å². The molecule has 5 heteroatoms. The van der Waals surface area contributed by atoms with Crippen molar-refractivity contribution < 1.29 is 13.9 Å². The predicted octanol–water partition coefficient (Wildman–Crippen LogP) is 2.55. The van der Waals surface area contributed by atoms with E-state index in [2.05, 4.69) is 21.2 Å². The largest absolute Gasteiger partial charge is 0.468 e. The van der Waals surface area contributed by atoms with Crippen molar-refractivity contribution in [3.63, 3.8) is 0 Å². The van der Waals surface area contributed by atoms with Crippen molar-refractivity contribution in [3.05, 3.63) is 34.1 Å². The molecule has 1 aliphatic carbocycles. The van der Waals surface area contributed by atoms with Crippen LogP contribution in [-0.4, -0.2) is 19.1 Å². The van der Waals surface area contributed by atoms with Crippen LogP contribution in [0.2, 0.25) is 0 Å². The lowest BCUT2D eigenvalue weighted by molar-refractivity contribution is -0.143. The van der Waals surface area contributed by atoms with Gasteiger partial charge in [0.2, 0.25) is 0 Å². The topological polar surface area (TPSA) is 38.3 Å². The first-order valence-corrected chi connectivity index (χ1v) is 6.20. The van der Waals surface area contributed by atoms with E-state index in [4.69, 9.17) is 4.74 Å². The van der Waals surface area contributed by atoms with Gasteiger partial charge < -0.3 is 4.74 Å². The van der Waals surface area contributed by atoms with E-state index in [1.165, 1.54) is 19.2 Å². The minimum atomic E-state index is -0.613. The number of ether oxygens (including phenoxy) is 1. The van der Waals surface area contributed by atoms with Gasteiger partial charge in [-0.1, -0.05) is 15.9 Å². The molecule has 1 aliphatic rings. The van der Waals surface area contributed by atoms with Crippen LogP contribution in [0.4, 0.5) is 4.39 Å². The normalized spacial score (nSPS) is 16.6. The molecule has 0 spiro atoms. The Morgan fingerprint density at radius 3 is 2.88 bits per heavy atom. The van der Waals surface area contributed by atoms with Crippen LogP contribution in [0.25, 0.3) is 0 Å². The van der Waals surface area contributed by atoms with Gasteiger partial charge in [0.05, 0.1) is 7.11 Å². The highest BCUT2D eigenvalue weighted by Gasteiger charge is 2.31. The highest BCUT2D eigenvalue weighted by molar-refractivity contribution is 9.10. The fourth-order valence-corrected chi connectivity index (χ4v) is 2.10. The summed E-state index contributed by atoms with van der Waals surface area (Å²) in [5.74, 6) is -0.766. The van der Waals surface area contributed by atoms with Gasteiger partial charge in [-0.25, -0.2) is 9.18 Å². The highest BCUT2D eigenvalue weighted by atomic mass is 79.9. The molecule has 0 aliphatic heterocycles. The molecule has 1 saturated carbocycles. The highest BCUT2D eigenvalue weighted by Crippen LogP contribution is 2.29. The average molecular weight is 302 g/mol. The standard InChI is InChI=1S/C12H13BrFNO2/c1-17-12(16)11(15-8-3-4-8)9-6-7(14)2-5-10(9)13/h2,5-6,8,11,15H,3-4H2,1H3. The maximum atomic E-state index is 13.2. The van der Waals surface area contributed by atoms with Gasteiger partial charge in [0, 0.05) is 10.5 Å². The Morgan fingerprint density at radius 1 is 1.59 bits per heavy atom. The number of halogens is 2. The first-order chi connectivity index (χ1) is 8.11. The van der Waals surface area contributed by atoms with Crippen LogP contribution >= 0.6 is 15.9 Å². The van der Waals surface area contributed by atoms with Crippen LogP contribution < -0.4 is 5.32 Å². The molecular weight excluding hydrogens is 289 g/mol. The average Bonchev–Trinajstić information content (AvgIpc) is 3.12. The van der Waals surface area contributed by atoms with Crippen LogP contribution in [0, 0.1) is 5.82 Å². The van der Waals surface area contributed by atoms with E-state index in [-0.39, 0.29) is 5.82 Å². The van der Waals surface area contributed by atoms with Gasteiger partial charge in [0.25, 0.3) is 0 Å². The number of nitrogens with one attached hydrogen (secondary N) is 1. The number of benzene rings is 1. The van der Waals surface area contributed by atoms with Crippen molar-refractivity contribution in [2.75, 3.05) is 7.11 Å². The summed E-state index contributed by atoms with van der Waals surface area (Å²) in [6.07, 6.45) is 2.08. The zero-order chi connectivity index (χ0) is 12.4. The third-order valence-corrected chi connectivity index (χ3v) is 3.41.